The first-order valence-corrected chi connectivity index (χ1v) is 6.83. The summed E-state index contributed by atoms with van der Waals surface area (Å²) in [4.78, 5) is 36.3. The number of alkyl halides is 1. The summed E-state index contributed by atoms with van der Waals surface area (Å²) in [6, 6.07) is 3.96. The molecule has 1 saturated heterocycles. The van der Waals surface area contributed by atoms with Crippen LogP contribution in [0.2, 0.25) is 0 Å². The quantitative estimate of drug-likeness (QED) is 0.676. The fourth-order valence-electron chi connectivity index (χ4n) is 2.29. The summed E-state index contributed by atoms with van der Waals surface area (Å²) in [5.41, 5.74) is 0.408. The number of carbonyl (C=O) groups excluding carboxylic acids is 2. The Labute approximate surface area is 126 Å². The lowest BCUT2D eigenvalue weighted by atomic mass is 10.1. The van der Waals surface area contributed by atoms with Crippen LogP contribution in [0.5, 0.6) is 0 Å². The molecule has 0 bridgehead atoms. The highest BCUT2D eigenvalue weighted by molar-refractivity contribution is 6.18. The summed E-state index contributed by atoms with van der Waals surface area (Å²) in [5, 5.41) is 9.06. The number of rotatable bonds is 4. The van der Waals surface area contributed by atoms with E-state index in [4.69, 9.17) is 16.7 Å². The molecule has 0 spiro atoms. The van der Waals surface area contributed by atoms with Crippen LogP contribution in [0.15, 0.2) is 18.2 Å². The first-order chi connectivity index (χ1) is 9.97. The van der Waals surface area contributed by atoms with E-state index in [-0.39, 0.29) is 35.1 Å². The third kappa shape index (κ3) is 3.00. The van der Waals surface area contributed by atoms with Crippen LogP contribution in [-0.4, -0.2) is 42.5 Å². The third-order valence-electron chi connectivity index (χ3n) is 3.36. The Morgan fingerprint density at radius 1 is 1.48 bits per heavy atom. The normalized spacial score (nSPS) is 17.9. The van der Waals surface area contributed by atoms with E-state index in [1.54, 1.807) is 0 Å². The first-order valence-electron chi connectivity index (χ1n) is 6.30. The van der Waals surface area contributed by atoms with Crippen LogP contribution >= 0.6 is 11.6 Å². The number of carboxylic acids is 1. The topological polar surface area (TPSA) is 83.9 Å². The van der Waals surface area contributed by atoms with Gasteiger partial charge in [0.15, 0.2) is 0 Å². The maximum Gasteiger partial charge on any atom is 0.339 e. The molecule has 1 unspecified atom stereocenters. The SMILES string of the molecule is COC(=O)c1ccc(C(=O)O)cc1N1CC(CCl)CC1=O. The highest BCUT2D eigenvalue weighted by Gasteiger charge is 2.32. The lowest BCUT2D eigenvalue weighted by Gasteiger charge is -2.20. The number of methoxy groups -OCH3 is 1. The number of carboxylic acid groups (broad SMARTS) is 1. The molecule has 1 N–H and O–H groups in total. The minimum absolute atomic E-state index is 0.000207. The molecule has 1 atom stereocenters. The van der Waals surface area contributed by atoms with Crippen molar-refractivity contribution < 1.29 is 24.2 Å². The van der Waals surface area contributed by atoms with E-state index >= 15 is 0 Å². The predicted molar refractivity (Wildman–Crippen MR) is 75.9 cm³/mol. The van der Waals surface area contributed by atoms with Gasteiger partial charge in [0, 0.05) is 18.8 Å². The molecule has 2 rings (SSSR count). The Hall–Kier alpha value is -2.08. The molecule has 1 amide bonds. The number of carbonyl (C=O) groups is 3. The summed E-state index contributed by atoms with van der Waals surface area (Å²) in [6.07, 6.45) is 0.279. The van der Waals surface area contributed by atoms with Crippen molar-refractivity contribution in [3.05, 3.63) is 29.3 Å². The van der Waals surface area contributed by atoms with Gasteiger partial charge in [0.2, 0.25) is 5.91 Å². The zero-order valence-electron chi connectivity index (χ0n) is 11.3. The number of benzene rings is 1. The molecular weight excluding hydrogens is 298 g/mol. The average molecular weight is 312 g/mol. The summed E-state index contributed by atoms with van der Waals surface area (Å²) < 4.78 is 4.67. The van der Waals surface area contributed by atoms with Gasteiger partial charge in [-0.3, -0.25) is 4.79 Å². The van der Waals surface area contributed by atoms with Crippen LogP contribution in [0, 0.1) is 5.92 Å². The summed E-state index contributed by atoms with van der Waals surface area (Å²) in [5.74, 6) is -1.63. The Kier molecular flexibility index (Phi) is 4.47. The number of aromatic carboxylic acids is 1. The molecule has 1 aliphatic rings. The Morgan fingerprint density at radius 3 is 2.71 bits per heavy atom. The van der Waals surface area contributed by atoms with Gasteiger partial charge in [0.05, 0.1) is 23.9 Å². The molecule has 21 heavy (non-hydrogen) atoms. The second-order valence-electron chi connectivity index (χ2n) is 4.76. The van der Waals surface area contributed by atoms with Gasteiger partial charge in [-0.1, -0.05) is 0 Å². The largest absolute Gasteiger partial charge is 0.478 e. The van der Waals surface area contributed by atoms with Gasteiger partial charge in [-0.2, -0.15) is 0 Å². The molecular formula is C14H14ClNO5. The number of anilines is 1. The minimum Gasteiger partial charge on any atom is -0.478 e. The van der Waals surface area contributed by atoms with E-state index in [2.05, 4.69) is 4.74 Å². The Balaban J connectivity index is 2.48. The fraction of sp³-hybridized carbons (Fsp3) is 0.357. The highest BCUT2D eigenvalue weighted by Crippen LogP contribution is 2.30. The lowest BCUT2D eigenvalue weighted by molar-refractivity contribution is -0.117. The number of hydrogen-bond donors (Lipinski definition) is 1. The van der Waals surface area contributed by atoms with E-state index in [0.29, 0.717) is 12.4 Å². The van der Waals surface area contributed by atoms with Crippen LogP contribution in [0.1, 0.15) is 27.1 Å². The molecule has 1 aromatic rings. The maximum atomic E-state index is 12.1. The van der Waals surface area contributed by atoms with Crippen molar-refractivity contribution in [3.63, 3.8) is 0 Å². The molecule has 0 aromatic heterocycles. The van der Waals surface area contributed by atoms with Crippen molar-refractivity contribution in [1.82, 2.24) is 0 Å². The van der Waals surface area contributed by atoms with Gasteiger partial charge in [-0.05, 0) is 24.1 Å². The van der Waals surface area contributed by atoms with Crippen molar-refractivity contribution in [3.8, 4) is 0 Å². The van der Waals surface area contributed by atoms with Gasteiger partial charge < -0.3 is 14.7 Å². The number of esters is 1. The first kappa shape index (κ1) is 15.3. The Morgan fingerprint density at radius 2 is 2.19 bits per heavy atom. The van der Waals surface area contributed by atoms with Crippen LogP contribution in [0.25, 0.3) is 0 Å². The predicted octanol–water partition coefficient (Wildman–Crippen LogP) is 1.76. The van der Waals surface area contributed by atoms with Crippen molar-refractivity contribution in [2.45, 2.75) is 6.42 Å². The van der Waals surface area contributed by atoms with Gasteiger partial charge in [0.25, 0.3) is 0 Å². The molecule has 1 aromatic carbocycles. The third-order valence-corrected chi connectivity index (χ3v) is 3.80. The number of ether oxygens (including phenoxy) is 1. The van der Waals surface area contributed by atoms with E-state index in [0.717, 1.165) is 0 Å². The molecule has 112 valence electrons. The number of halogens is 1. The molecule has 1 heterocycles. The summed E-state index contributed by atoms with van der Waals surface area (Å²) in [6.45, 7) is 0.357. The zero-order chi connectivity index (χ0) is 15.6. The highest BCUT2D eigenvalue weighted by atomic mass is 35.5. The van der Waals surface area contributed by atoms with Crippen LogP contribution in [0.3, 0.4) is 0 Å². The number of amides is 1. The second kappa shape index (κ2) is 6.13. The maximum absolute atomic E-state index is 12.1. The molecule has 6 nitrogen and oxygen atoms in total. The second-order valence-corrected chi connectivity index (χ2v) is 5.07. The standard InChI is InChI=1S/C14H14ClNO5/c1-21-14(20)10-3-2-9(13(18)19)5-11(10)16-7-8(6-15)4-12(16)17/h2-3,5,8H,4,6-7H2,1H3,(H,18,19). The smallest absolute Gasteiger partial charge is 0.339 e. The molecule has 1 fully saturated rings. The van der Waals surface area contributed by atoms with Crippen molar-refractivity contribution >= 4 is 35.1 Å². The van der Waals surface area contributed by atoms with E-state index in [9.17, 15) is 14.4 Å². The molecule has 1 aliphatic heterocycles. The van der Waals surface area contributed by atoms with E-state index in [1.165, 1.54) is 30.2 Å². The van der Waals surface area contributed by atoms with Crippen molar-refractivity contribution in [2.24, 2.45) is 5.92 Å². The van der Waals surface area contributed by atoms with Crippen LogP contribution in [0.4, 0.5) is 5.69 Å². The van der Waals surface area contributed by atoms with Gasteiger partial charge in [0.1, 0.15) is 0 Å². The van der Waals surface area contributed by atoms with Crippen molar-refractivity contribution in [1.29, 1.82) is 0 Å². The summed E-state index contributed by atoms with van der Waals surface area (Å²) >= 11 is 5.77. The molecule has 0 aliphatic carbocycles. The Bertz CT molecular complexity index is 601. The average Bonchev–Trinajstić information content (AvgIpc) is 2.86. The molecule has 0 radical (unpaired) electrons. The molecule has 7 heteroatoms. The minimum atomic E-state index is -1.13. The van der Waals surface area contributed by atoms with Crippen molar-refractivity contribution in [2.75, 3.05) is 24.4 Å². The van der Waals surface area contributed by atoms with Crippen LogP contribution in [-0.2, 0) is 9.53 Å². The van der Waals surface area contributed by atoms with Gasteiger partial charge in [-0.15, -0.1) is 11.6 Å². The number of hydrogen-bond acceptors (Lipinski definition) is 4. The monoisotopic (exact) mass is 311 g/mol. The van der Waals surface area contributed by atoms with E-state index in [1.807, 2.05) is 0 Å². The number of nitrogens with zero attached hydrogens (tertiary/aromatic N) is 1. The van der Waals surface area contributed by atoms with Gasteiger partial charge in [-0.25, -0.2) is 9.59 Å². The molecule has 0 saturated carbocycles. The van der Waals surface area contributed by atoms with Crippen LogP contribution < -0.4 is 4.90 Å². The zero-order valence-corrected chi connectivity index (χ0v) is 12.1. The van der Waals surface area contributed by atoms with E-state index < -0.39 is 11.9 Å². The fourth-order valence-corrected chi connectivity index (χ4v) is 2.50. The summed E-state index contributed by atoms with van der Waals surface area (Å²) in [7, 11) is 1.23. The lowest BCUT2D eigenvalue weighted by Crippen LogP contribution is -2.27. The van der Waals surface area contributed by atoms with Gasteiger partial charge >= 0.3 is 11.9 Å².